The highest BCUT2D eigenvalue weighted by Crippen LogP contribution is 2.21. The normalized spacial score (nSPS) is 16.2. The molecule has 0 atom stereocenters. The SMILES string of the molecule is Cc1ccccc1N1CCN(Cc2cccc(F)c2)CC1. The second-order valence-corrected chi connectivity index (χ2v) is 5.68. The average Bonchev–Trinajstić information content (AvgIpc) is 2.49. The van der Waals surface area contributed by atoms with Crippen molar-refractivity contribution in [1.29, 1.82) is 0 Å². The first-order chi connectivity index (χ1) is 10.2. The highest BCUT2D eigenvalue weighted by molar-refractivity contribution is 5.53. The van der Waals surface area contributed by atoms with E-state index in [2.05, 4.69) is 41.0 Å². The van der Waals surface area contributed by atoms with Crippen LogP contribution in [0, 0.1) is 12.7 Å². The fourth-order valence-corrected chi connectivity index (χ4v) is 2.96. The van der Waals surface area contributed by atoms with E-state index in [0.29, 0.717) is 0 Å². The lowest BCUT2D eigenvalue weighted by atomic mass is 10.1. The van der Waals surface area contributed by atoms with Crippen LogP contribution in [-0.2, 0) is 6.54 Å². The van der Waals surface area contributed by atoms with Crippen molar-refractivity contribution in [2.75, 3.05) is 31.1 Å². The van der Waals surface area contributed by atoms with Crippen molar-refractivity contribution in [1.82, 2.24) is 4.90 Å². The molecule has 0 unspecified atom stereocenters. The number of piperazine rings is 1. The lowest BCUT2D eigenvalue weighted by Gasteiger charge is -2.36. The number of rotatable bonds is 3. The van der Waals surface area contributed by atoms with Crippen molar-refractivity contribution in [3.05, 3.63) is 65.5 Å². The third-order valence-electron chi connectivity index (χ3n) is 4.12. The van der Waals surface area contributed by atoms with Crippen LogP contribution < -0.4 is 4.90 Å². The van der Waals surface area contributed by atoms with Crippen molar-refractivity contribution < 1.29 is 4.39 Å². The van der Waals surface area contributed by atoms with Gasteiger partial charge in [0.25, 0.3) is 0 Å². The summed E-state index contributed by atoms with van der Waals surface area (Å²) in [5.41, 5.74) is 3.72. The Labute approximate surface area is 125 Å². The smallest absolute Gasteiger partial charge is 0.123 e. The number of hydrogen-bond donors (Lipinski definition) is 0. The fraction of sp³-hybridized carbons (Fsp3) is 0.333. The number of benzene rings is 2. The van der Waals surface area contributed by atoms with E-state index in [-0.39, 0.29) is 5.82 Å². The van der Waals surface area contributed by atoms with E-state index in [1.807, 2.05) is 6.07 Å². The largest absolute Gasteiger partial charge is 0.369 e. The molecule has 0 aliphatic carbocycles. The zero-order valence-corrected chi connectivity index (χ0v) is 12.4. The molecule has 0 radical (unpaired) electrons. The maximum atomic E-state index is 13.2. The maximum absolute atomic E-state index is 13.2. The Hall–Kier alpha value is -1.87. The number of nitrogens with zero attached hydrogens (tertiary/aromatic N) is 2. The molecule has 3 heteroatoms. The summed E-state index contributed by atoms with van der Waals surface area (Å²) in [7, 11) is 0. The fourth-order valence-electron chi connectivity index (χ4n) is 2.96. The van der Waals surface area contributed by atoms with E-state index in [1.54, 1.807) is 12.1 Å². The highest BCUT2D eigenvalue weighted by Gasteiger charge is 2.18. The Bertz CT molecular complexity index is 604. The highest BCUT2D eigenvalue weighted by atomic mass is 19.1. The van der Waals surface area contributed by atoms with Crippen molar-refractivity contribution in [2.24, 2.45) is 0 Å². The Morgan fingerprint density at radius 2 is 1.71 bits per heavy atom. The van der Waals surface area contributed by atoms with Crippen molar-refractivity contribution in [3.8, 4) is 0 Å². The van der Waals surface area contributed by atoms with Crippen LogP contribution in [0.25, 0.3) is 0 Å². The molecule has 0 spiro atoms. The molecule has 1 fully saturated rings. The first-order valence-corrected chi connectivity index (χ1v) is 7.50. The minimum atomic E-state index is -0.147. The molecule has 2 aromatic rings. The van der Waals surface area contributed by atoms with Gasteiger partial charge in [0.15, 0.2) is 0 Å². The van der Waals surface area contributed by atoms with Crippen LogP contribution in [0.5, 0.6) is 0 Å². The van der Waals surface area contributed by atoms with Gasteiger partial charge >= 0.3 is 0 Å². The lowest BCUT2D eigenvalue weighted by Crippen LogP contribution is -2.46. The van der Waals surface area contributed by atoms with Crippen LogP contribution in [0.15, 0.2) is 48.5 Å². The summed E-state index contributed by atoms with van der Waals surface area (Å²) in [4.78, 5) is 4.83. The number of para-hydroxylation sites is 1. The van der Waals surface area contributed by atoms with E-state index in [0.717, 1.165) is 38.3 Å². The summed E-state index contributed by atoms with van der Waals surface area (Å²) in [5.74, 6) is -0.147. The minimum absolute atomic E-state index is 0.147. The molecule has 1 saturated heterocycles. The summed E-state index contributed by atoms with van der Waals surface area (Å²) in [6, 6.07) is 15.4. The van der Waals surface area contributed by atoms with Crippen LogP contribution >= 0.6 is 0 Å². The minimum Gasteiger partial charge on any atom is -0.369 e. The van der Waals surface area contributed by atoms with Crippen molar-refractivity contribution in [2.45, 2.75) is 13.5 Å². The maximum Gasteiger partial charge on any atom is 0.123 e. The van der Waals surface area contributed by atoms with E-state index >= 15 is 0 Å². The first kappa shape index (κ1) is 14.1. The molecule has 0 bridgehead atoms. The molecule has 2 nitrogen and oxygen atoms in total. The van der Waals surface area contributed by atoms with Crippen LogP contribution in [0.2, 0.25) is 0 Å². The van der Waals surface area contributed by atoms with Gasteiger partial charge in [-0.25, -0.2) is 4.39 Å². The molecule has 0 amide bonds. The Kier molecular flexibility index (Phi) is 4.20. The van der Waals surface area contributed by atoms with Gasteiger partial charge in [-0.2, -0.15) is 0 Å². The van der Waals surface area contributed by atoms with Crippen LogP contribution in [0.1, 0.15) is 11.1 Å². The summed E-state index contributed by atoms with van der Waals surface area (Å²) in [5, 5.41) is 0. The predicted octanol–water partition coefficient (Wildman–Crippen LogP) is 3.46. The summed E-state index contributed by atoms with van der Waals surface area (Å²) in [6.45, 7) is 7.09. The first-order valence-electron chi connectivity index (χ1n) is 7.50. The number of aryl methyl sites for hydroxylation is 1. The zero-order chi connectivity index (χ0) is 14.7. The summed E-state index contributed by atoms with van der Waals surface area (Å²) >= 11 is 0. The van der Waals surface area contributed by atoms with Gasteiger partial charge in [-0.15, -0.1) is 0 Å². The molecule has 110 valence electrons. The van der Waals surface area contributed by atoms with Gasteiger partial charge in [0.1, 0.15) is 5.82 Å². The van der Waals surface area contributed by atoms with E-state index in [9.17, 15) is 4.39 Å². The molecule has 1 heterocycles. The second-order valence-electron chi connectivity index (χ2n) is 5.68. The topological polar surface area (TPSA) is 6.48 Å². The molecular weight excluding hydrogens is 263 g/mol. The number of hydrogen-bond acceptors (Lipinski definition) is 2. The molecule has 3 rings (SSSR count). The van der Waals surface area contributed by atoms with Crippen molar-refractivity contribution >= 4 is 5.69 Å². The van der Waals surface area contributed by atoms with Gasteiger partial charge in [-0.3, -0.25) is 4.90 Å². The predicted molar refractivity (Wildman–Crippen MR) is 85.1 cm³/mol. The van der Waals surface area contributed by atoms with Crippen LogP contribution in [-0.4, -0.2) is 31.1 Å². The molecule has 1 aliphatic rings. The molecule has 21 heavy (non-hydrogen) atoms. The number of halogens is 1. The molecular formula is C18H21FN2. The Morgan fingerprint density at radius 3 is 2.43 bits per heavy atom. The van der Waals surface area contributed by atoms with E-state index in [4.69, 9.17) is 0 Å². The third-order valence-corrected chi connectivity index (χ3v) is 4.12. The van der Waals surface area contributed by atoms with Gasteiger partial charge < -0.3 is 4.90 Å². The van der Waals surface area contributed by atoms with Gasteiger partial charge in [0, 0.05) is 38.4 Å². The van der Waals surface area contributed by atoms with Crippen LogP contribution in [0.3, 0.4) is 0 Å². The van der Waals surface area contributed by atoms with Gasteiger partial charge in [0.05, 0.1) is 0 Å². The quantitative estimate of drug-likeness (QED) is 0.851. The van der Waals surface area contributed by atoms with E-state index in [1.165, 1.54) is 17.3 Å². The molecule has 0 N–H and O–H groups in total. The standard InChI is InChI=1S/C18H21FN2/c1-15-5-2-3-8-18(15)21-11-9-20(10-12-21)14-16-6-4-7-17(19)13-16/h2-8,13H,9-12,14H2,1H3. The molecule has 0 aromatic heterocycles. The zero-order valence-electron chi connectivity index (χ0n) is 12.4. The lowest BCUT2D eigenvalue weighted by molar-refractivity contribution is 0.249. The summed E-state index contributed by atoms with van der Waals surface area (Å²) < 4.78 is 13.2. The average molecular weight is 284 g/mol. The summed E-state index contributed by atoms with van der Waals surface area (Å²) in [6.07, 6.45) is 0. The number of anilines is 1. The third kappa shape index (κ3) is 3.42. The van der Waals surface area contributed by atoms with Crippen molar-refractivity contribution in [3.63, 3.8) is 0 Å². The molecule has 1 aliphatic heterocycles. The van der Waals surface area contributed by atoms with Crippen LogP contribution in [0.4, 0.5) is 10.1 Å². The van der Waals surface area contributed by atoms with E-state index < -0.39 is 0 Å². The van der Waals surface area contributed by atoms with Gasteiger partial charge in [0.2, 0.25) is 0 Å². The molecule has 2 aromatic carbocycles. The van der Waals surface area contributed by atoms with Gasteiger partial charge in [-0.05, 0) is 36.2 Å². The Morgan fingerprint density at radius 1 is 0.952 bits per heavy atom. The molecule has 0 saturated carbocycles. The Balaban J connectivity index is 1.59. The monoisotopic (exact) mass is 284 g/mol. The van der Waals surface area contributed by atoms with Gasteiger partial charge in [-0.1, -0.05) is 30.3 Å². The second kappa shape index (κ2) is 6.27.